The fourth-order valence-electron chi connectivity index (χ4n) is 1.52. The highest BCUT2D eigenvalue weighted by atomic mass is 16.4. The Morgan fingerprint density at radius 3 is 2.67 bits per heavy atom. The minimum absolute atomic E-state index is 0.106. The van der Waals surface area contributed by atoms with Gasteiger partial charge in [-0.2, -0.15) is 0 Å². The van der Waals surface area contributed by atoms with Gasteiger partial charge in [0.25, 0.3) is 5.56 Å². The predicted octanol–water partition coefficient (Wildman–Crippen LogP) is 1.24. The van der Waals surface area contributed by atoms with E-state index >= 15 is 0 Å². The molecule has 2 aromatic rings. The van der Waals surface area contributed by atoms with E-state index < -0.39 is 5.97 Å². The smallest absolute Gasteiger partial charge is 0.335 e. The average Bonchev–Trinajstić information content (AvgIpc) is 2.23. The van der Waals surface area contributed by atoms with Gasteiger partial charge in [0.2, 0.25) is 0 Å². The van der Waals surface area contributed by atoms with Gasteiger partial charge in [-0.1, -0.05) is 0 Å². The van der Waals surface area contributed by atoms with Crippen LogP contribution in [-0.4, -0.2) is 15.6 Å². The largest absolute Gasteiger partial charge is 0.478 e. The molecule has 76 valence electrons. The summed E-state index contributed by atoms with van der Waals surface area (Å²) in [4.78, 5) is 22.0. The number of aryl methyl sites for hydroxylation is 1. The molecule has 0 saturated carbocycles. The van der Waals surface area contributed by atoms with Crippen molar-refractivity contribution in [3.63, 3.8) is 0 Å². The van der Waals surface area contributed by atoms with Crippen molar-refractivity contribution >= 4 is 16.9 Å². The lowest BCUT2D eigenvalue weighted by Crippen LogP contribution is -2.15. The lowest BCUT2D eigenvalue weighted by Gasteiger charge is -2.04. The molecule has 4 heteroatoms. The Labute approximate surface area is 85.4 Å². The minimum atomic E-state index is -0.967. The number of hydrogen-bond acceptors (Lipinski definition) is 2. The van der Waals surface area contributed by atoms with Gasteiger partial charge in [0.05, 0.1) is 11.1 Å². The van der Waals surface area contributed by atoms with Crippen LogP contribution in [0.3, 0.4) is 0 Å². The monoisotopic (exact) mass is 203 g/mol. The zero-order valence-electron chi connectivity index (χ0n) is 8.10. The molecule has 1 N–H and O–H groups in total. The molecule has 15 heavy (non-hydrogen) atoms. The summed E-state index contributed by atoms with van der Waals surface area (Å²) in [7, 11) is 1.66. The van der Waals surface area contributed by atoms with Crippen molar-refractivity contribution in [3.8, 4) is 0 Å². The summed E-state index contributed by atoms with van der Waals surface area (Å²) in [5.74, 6) is -0.967. The van der Waals surface area contributed by atoms with Gasteiger partial charge in [0.15, 0.2) is 0 Å². The van der Waals surface area contributed by atoms with Crippen LogP contribution in [0.2, 0.25) is 0 Å². The lowest BCUT2D eigenvalue weighted by atomic mass is 10.1. The van der Waals surface area contributed by atoms with Crippen LogP contribution in [0.15, 0.2) is 35.1 Å². The highest BCUT2D eigenvalue weighted by Crippen LogP contribution is 2.13. The van der Waals surface area contributed by atoms with Gasteiger partial charge >= 0.3 is 5.97 Å². The molecule has 0 fully saturated rings. The van der Waals surface area contributed by atoms with E-state index in [1.165, 1.54) is 16.7 Å². The van der Waals surface area contributed by atoms with Crippen LogP contribution in [-0.2, 0) is 7.05 Å². The first kappa shape index (κ1) is 9.45. The molecule has 0 atom stereocenters. The number of hydrogen-bond donors (Lipinski definition) is 1. The first-order chi connectivity index (χ1) is 7.09. The van der Waals surface area contributed by atoms with E-state index in [1.807, 2.05) is 0 Å². The third-order valence-corrected chi connectivity index (χ3v) is 2.37. The Balaban J connectivity index is 2.81. The molecule has 0 aliphatic carbocycles. The molecule has 0 aliphatic heterocycles. The molecule has 0 saturated heterocycles. The maximum Gasteiger partial charge on any atom is 0.335 e. The van der Waals surface area contributed by atoms with E-state index in [1.54, 1.807) is 25.2 Å². The molecule has 0 amide bonds. The summed E-state index contributed by atoms with van der Waals surface area (Å²) in [6, 6.07) is 7.74. The van der Waals surface area contributed by atoms with Gasteiger partial charge in [0.1, 0.15) is 0 Å². The summed E-state index contributed by atoms with van der Waals surface area (Å²) in [5, 5.41) is 9.55. The molecule has 0 bridgehead atoms. The Hall–Kier alpha value is -2.10. The molecule has 1 heterocycles. The van der Waals surface area contributed by atoms with Crippen LogP contribution in [0.1, 0.15) is 10.4 Å². The highest BCUT2D eigenvalue weighted by molar-refractivity contribution is 5.93. The zero-order valence-corrected chi connectivity index (χ0v) is 8.10. The summed E-state index contributed by atoms with van der Waals surface area (Å²) in [6.07, 6.45) is 0. The Morgan fingerprint density at radius 1 is 1.27 bits per heavy atom. The summed E-state index contributed by atoms with van der Waals surface area (Å²) < 4.78 is 1.49. The van der Waals surface area contributed by atoms with Crippen molar-refractivity contribution in [2.45, 2.75) is 0 Å². The standard InChI is InChI=1S/C11H9NO3/c1-12-9-4-2-8(11(14)15)6-7(9)3-5-10(12)13/h2-6H,1H3,(H,14,15). The van der Waals surface area contributed by atoms with Gasteiger partial charge in [-0.3, -0.25) is 4.79 Å². The Bertz CT molecular complexity index is 598. The zero-order chi connectivity index (χ0) is 11.0. The van der Waals surface area contributed by atoms with Crippen molar-refractivity contribution < 1.29 is 9.90 Å². The fraction of sp³-hybridized carbons (Fsp3) is 0.0909. The first-order valence-electron chi connectivity index (χ1n) is 4.42. The molecule has 0 spiro atoms. The Morgan fingerprint density at radius 2 is 2.00 bits per heavy atom. The maximum atomic E-state index is 11.3. The van der Waals surface area contributed by atoms with Crippen molar-refractivity contribution in [2.75, 3.05) is 0 Å². The number of pyridine rings is 1. The van der Waals surface area contributed by atoms with Crippen LogP contribution in [0, 0.1) is 0 Å². The number of nitrogens with zero attached hydrogens (tertiary/aromatic N) is 1. The third kappa shape index (κ3) is 1.50. The van der Waals surface area contributed by atoms with E-state index in [0.29, 0.717) is 0 Å². The second kappa shape index (κ2) is 3.24. The summed E-state index contributed by atoms with van der Waals surface area (Å²) in [5.41, 5.74) is 0.847. The van der Waals surface area contributed by atoms with E-state index in [0.717, 1.165) is 10.9 Å². The van der Waals surface area contributed by atoms with Crippen LogP contribution in [0.4, 0.5) is 0 Å². The highest BCUT2D eigenvalue weighted by Gasteiger charge is 2.05. The molecule has 2 rings (SSSR count). The van der Waals surface area contributed by atoms with Crippen molar-refractivity contribution in [1.29, 1.82) is 0 Å². The SMILES string of the molecule is Cn1c(=O)ccc2cc(C(=O)O)ccc21. The van der Waals surface area contributed by atoms with Crippen LogP contribution >= 0.6 is 0 Å². The van der Waals surface area contributed by atoms with Gasteiger partial charge in [-0.15, -0.1) is 0 Å². The molecular weight excluding hydrogens is 194 g/mol. The second-order valence-corrected chi connectivity index (χ2v) is 3.31. The molecule has 0 unspecified atom stereocenters. The van der Waals surface area contributed by atoms with Gasteiger partial charge in [0, 0.05) is 13.1 Å². The number of carboxylic acids is 1. The van der Waals surface area contributed by atoms with Gasteiger partial charge in [-0.05, 0) is 29.7 Å². The summed E-state index contributed by atoms with van der Waals surface area (Å²) >= 11 is 0. The van der Waals surface area contributed by atoms with Crippen molar-refractivity contribution in [3.05, 3.63) is 46.2 Å². The topological polar surface area (TPSA) is 59.3 Å². The molecule has 4 nitrogen and oxygen atoms in total. The number of fused-ring (bicyclic) bond motifs is 1. The number of carboxylic acid groups (broad SMARTS) is 1. The lowest BCUT2D eigenvalue weighted by molar-refractivity contribution is 0.0697. The third-order valence-electron chi connectivity index (χ3n) is 2.37. The number of aromatic nitrogens is 1. The van der Waals surface area contributed by atoms with E-state index in [2.05, 4.69) is 0 Å². The Kier molecular flexibility index (Phi) is 2.04. The number of aromatic carboxylic acids is 1. The molecule has 0 aliphatic rings. The van der Waals surface area contributed by atoms with Crippen LogP contribution in [0.5, 0.6) is 0 Å². The van der Waals surface area contributed by atoms with Gasteiger partial charge in [-0.25, -0.2) is 4.79 Å². The number of carbonyl (C=O) groups is 1. The molecule has 1 aromatic carbocycles. The predicted molar refractivity (Wildman–Crippen MR) is 56.1 cm³/mol. The molecule has 0 radical (unpaired) electrons. The van der Waals surface area contributed by atoms with E-state index in [4.69, 9.17) is 5.11 Å². The first-order valence-corrected chi connectivity index (χ1v) is 4.42. The van der Waals surface area contributed by atoms with Crippen molar-refractivity contribution in [1.82, 2.24) is 4.57 Å². The summed E-state index contributed by atoms with van der Waals surface area (Å²) in [6.45, 7) is 0. The van der Waals surface area contributed by atoms with Crippen molar-refractivity contribution in [2.24, 2.45) is 7.05 Å². The quantitative estimate of drug-likeness (QED) is 0.758. The van der Waals surface area contributed by atoms with Gasteiger partial charge < -0.3 is 9.67 Å². The van der Waals surface area contributed by atoms with Crippen LogP contribution in [0.25, 0.3) is 10.9 Å². The molecule has 1 aromatic heterocycles. The average molecular weight is 203 g/mol. The second-order valence-electron chi connectivity index (χ2n) is 3.31. The van der Waals surface area contributed by atoms with Crippen LogP contribution < -0.4 is 5.56 Å². The maximum absolute atomic E-state index is 11.3. The normalized spacial score (nSPS) is 10.5. The fourth-order valence-corrected chi connectivity index (χ4v) is 1.52. The van der Waals surface area contributed by atoms with E-state index in [-0.39, 0.29) is 11.1 Å². The number of rotatable bonds is 1. The molecular formula is C11H9NO3. The van der Waals surface area contributed by atoms with E-state index in [9.17, 15) is 9.59 Å². The minimum Gasteiger partial charge on any atom is -0.478 e. The number of benzene rings is 1.